The Kier molecular flexibility index (Phi) is 3.90. The number of hydrogen-bond acceptors (Lipinski definition) is 3. The molecule has 1 fully saturated rings. The number of aromatic nitrogens is 1. The summed E-state index contributed by atoms with van der Waals surface area (Å²) >= 11 is 0. The first-order valence-electron chi connectivity index (χ1n) is 6.95. The maximum atomic E-state index is 14.0. The lowest BCUT2D eigenvalue weighted by atomic mass is 10.2. The first-order chi connectivity index (χ1) is 10.7. The molecule has 2 heterocycles. The molecule has 0 atom stereocenters. The third kappa shape index (κ3) is 2.47. The number of rotatable bonds is 2. The van der Waals surface area contributed by atoms with Crippen molar-refractivity contribution in [2.45, 2.75) is 0 Å². The number of nitrogens with zero attached hydrogens (tertiary/aromatic N) is 3. The van der Waals surface area contributed by atoms with E-state index in [9.17, 15) is 14.4 Å². The SMILES string of the molecule is N#Cc1ccn(-c2ccccc2F)c1C(=O)N1CCOCC1. The van der Waals surface area contributed by atoms with Crippen molar-refractivity contribution in [3.8, 4) is 11.8 Å². The van der Waals surface area contributed by atoms with Crippen molar-refractivity contribution in [2.24, 2.45) is 0 Å². The van der Waals surface area contributed by atoms with Crippen LogP contribution in [0.5, 0.6) is 0 Å². The first kappa shape index (κ1) is 14.3. The van der Waals surface area contributed by atoms with Crippen LogP contribution < -0.4 is 0 Å². The van der Waals surface area contributed by atoms with E-state index in [2.05, 4.69) is 0 Å². The van der Waals surface area contributed by atoms with E-state index in [1.165, 1.54) is 16.7 Å². The molecule has 1 aliphatic rings. The van der Waals surface area contributed by atoms with Crippen LogP contribution in [0.25, 0.3) is 5.69 Å². The van der Waals surface area contributed by atoms with E-state index in [4.69, 9.17) is 4.74 Å². The molecule has 0 radical (unpaired) electrons. The topological polar surface area (TPSA) is 58.3 Å². The smallest absolute Gasteiger partial charge is 0.272 e. The molecule has 112 valence electrons. The van der Waals surface area contributed by atoms with Crippen molar-refractivity contribution < 1.29 is 13.9 Å². The van der Waals surface area contributed by atoms with Crippen LogP contribution >= 0.6 is 0 Å². The highest BCUT2D eigenvalue weighted by Crippen LogP contribution is 2.21. The minimum absolute atomic E-state index is 0.189. The van der Waals surface area contributed by atoms with E-state index in [1.54, 1.807) is 29.3 Å². The van der Waals surface area contributed by atoms with Crippen LogP contribution in [-0.4, -0.2) is 41.7 Å². The number of para-hydroxylation sites is 1. The molecule has 3 rings (SSSR count). The van der Waals surface area contributed by atoms with E-state index < -0.39 is 5.82 Å². The van der Waals surface area contributed by atoms with Crippen molar-refractivity contribution in [2.75, 3.05) is 26.3 Å². The van der Waals surface area contributed by atoms with Crippen molar-refractivity contribution >= 4 is 5.91 Å². The van der Waals surface area contributed by atoms with Gasteiger partial charge in [-0.1, -0.05) is 12.1 Å². The molecule has 0 unspecified atom stereocenters. The summed E-state index contributed by atoms with van der Waals surface area (Å²) < 4.78 is 20.7. The van der Waals surface area contributed by atoms with E-state index in [-0.39, 0.29) is 22.9 Å². The predicted molar refractivity (Wildman–Crippen MR) is 77.2 cm³/mol. The molecule has 0 bridgehead atoms. The number of hydrogen-bond donors (Lipinski definition) is 0. The Morgan fingerprint density at radius 1 is 1.23 bits per heavy atom. The fraction of sp³-hybridized carbons (Fsp3) is 0.250. The molecule has 1 saturated heterocycles. The minimum Gasteiger partial charge on any atom is -0.378 e. The lowest BCUT2D eigenvalue weighted by Gasteiger charge is -2.27. The van der Waals surface area contributed by atoms with Gasteiger partial charge < -0.3 is 14.2 Å². The van der Waals surface area contributed by atoms with Crippen LogP contribution in [0.3, 0.4) is 0 Å². The molecule has 22 heavy (non-hydrogen) atoms. The Hall–Kier alpha value is -2.65. The number of morpholine rings is 1. The van der Waals surface area contributed by atoms with Crippen LogP contribution in [0.2, 0.25) is 0 Å². The lowest BCUT2D eigenvalue weighted by Crippen LogP contribution is -2.41. The van der Waals surface area contributed by atoms with E-state index in [0.29, 0.717) is 26.3 Å². The zero-order valence-corrected chi connectivity index (χ0v) is 11.8. The second-order valence-electron chi connectivity index (χ2n) is 4.92. The Morgan fingerprint density at radius 3 is 2.64 bits per heavy atom. The summed E-state index contributed by atoms with van der Waals surface area (Å²) in [7, 11) is 0. The van der Waals surface area contributed by atoms with Gasteiger partial charge in [0, 0.05) is 19.3 Å². The molecule has 5 nitrogen and oxygen atoms in total. The summed E-state index contributed by atoms with van der Waals surface area (Å²) in [6, 6.07) is 9.70. The highest BCUT2D eigenvalue weighted by Gasteiger charge is 2.25. The highest BCUT2D eigenvalue weighted by molar-refractivity contribution is 5.96. The molecule has 0 saturated carbocycles. The van der Waals surface area contributed by atoms with Gasteiger partial charge in [-0.2, -0.15) is 5.26 Å². The van der Waals surface area contributed by atoms with E-state index in [0.717, 1.165) is 0 Å². The predicted octanol–water partition coefficient (Wildman–Crippen LogP) is 1.96. The molecule has 0 aliphatic carbocycles. The number of amides is 1. The van der Waals surface area contributed by atoms with Crippen LogP contribution in [0, 0.1) is 17.1 Å². The maximum Gasteiger partial charge on any atom is 0.272 e. The summed E-state index contributed by atoms with van der Waals surface area (Å²) in [5, 5.41) is 9.24. The van der Waals surface area contributed by atoms with Crippen molar-refractivity contribution in [3.05, 3.63) is 53.6 Å². The molecular formula is C16H14FN3O2. The van der Waals surface area contributed by atoms with Gasteiger partial charge in [0.25, 0.3) is 5.91 Å². The van der Waals surface area contributed by atoms with Crippen LogP contribution in [-0.2, 0) is 4.74 Å². The normalized spacial score (nSPS) is 14.6. The summed E-state index contributed by atoms with van der Waals surface area (Å²) in [4.78, 5) is 14.3. The maximum absolute atomic E-state index is 14.0. The van der Waals surface area contributed by atoms with Crippen molar-refractivity contribution in [3.63, 3.8) is 0 Å². The van der Waals surface area contributed by atoms with Gasteiger partial charge in [-0.05, 0) is 18.2 Å². The molecule has 0 N–H and O–H groups in total. The van der Waals surface area contributed by atoms with Gasteiger partial charge in [-0.15, -0.1) is 0 Å². The standard InChI is InChI=1S/C16H14FN3O2/c17-13-3-1-2-4-14(13)20-6-5-12(11-18)15(20)16(21)19-7-9-22-10-8-19/h1-6H,7-10H2. The van der Waals surface area contributed by atoms with Crippen LogP contribution in [0.4, 0.5) is 4.39 Å². The minimum atomic E-state index is -0.446. The van der Waals surface area contributed by atoms with Gasteiger partial charge in [0.1, 0.15) is 17.6 Å². The van der Waals surface area contributed by atoms with Gasteiger partial charge in [0.2, 0.25) is 0 Å². The van der Waals surface area contributed by atoms with Crippen LogP contribution in [0.1, 0.15) is 16.1 Å². The van der Waals surface area contributed by atoms with E-state index in [1.807, 2.05) is 6.07 Å². The van der Waals surface area contributed by atoms with Gasteiger partial charge in [-0.25, -0.2) is 4.39 Å². The van der Waals surface area contributed by atoms with Crippen molar-refractivity contribution in [1.82, 2.24) is 9.47 Å². The molecule has 0 spiro atoms. The number of carbonyl (C=O) groups excluding carboxylic acids is 1. The van der Waals surface area contributed by atoms with Gasteiger partial charge in [0.15, 0.2) is 0 Å². The number of halogens is 1. The molecular weight excluding hydrogens is 285 g/mol. The molecule has 1 amide bonds. The molecule has 6 heteroatoms. The number of ether oxygens (including phenoxy) is 1. The first-order valence-corrected chi connectivity index (χ1v) is 6.95. The Bertz CT molecular complexity index is 742. The quantitative estimate of drug-likeness (QED) is 0.851. The molecule has 1 aromatic heterocycles. The fourth-order valence-electron chi connectivity index (χ4n) is 2.50. The number of nitriles is 1. The zero-order chi connectivity index (χ0) is 15.5. The third-order valence-electron chi connectivity index (χ3n) is 3.62. The highest BCUT2D eigenvalue weighted by atomic mass is 19.1. The van der Waals surface area contributed by atoms with Crippen LogP contribution in [0.15, 0.2) is 36.5 Å². The Labute approximate surface area is 127 Å². The van der Waals surface area contributed by atoms with Crippen molar-refractivity contribution in [1.29, 1.82) is 5.26 Å². The fourth-order valence-corrected chi connectivity index (χ4v) is 2.50. The summed E-state index contributed by atoms with van der Waals surface area (Å²) in [5.74, 6) is -0.730. The van der Waals surface area contributed by atoms with E-state index >= 15 is 0 Å². The average molecular weight is 299 g/mol. The van der Waals surface area contributed by atoms with Gasteiger partial charge in [0.05, 0.1) is 24.5 Å². The largest absolute Gasteiger partial charge is 0.378 e. The molecule has 1 aromatic carbocycles. The summed E-state index contributed by atoms with van der Waals surface area (Å²) in [5.41, 5.74) is 0.676. The van der Waals surface area contributed by atoms with Gasteiger partial charge in [-0.3, -0.25) is 4.79 Å². The lowest BCUT2D eigenvalue weighted by molar-refractivity contribution is 0.0297. The number of carbonyl (C=O) groups is 1. The zero-order valence-electron chi connectivity index (χ0n) is 11.8. The Balaban J connectivity index is 2.06. The summed E-state index contributed by atoms with van der Waals surface area (Å²) in [6.07, 6.45) is 1.55. The number of benzene rings is 1. The summed E-state index contributed by atoms with van der Waals surface area (Å²) in [6.45, 7) is 1.86. The Morgan fingerprint density at radius 2 is 1.95 bits per heavy atom. The monoisotopic (exact) mass is 299 g/mol. The van der Waals surface area contributed by atoms with Gasteiger partial charge >= 0.3 is 0 Å². The molecule has 1 aliphatic heterocycles. The average Bonchev–Trinajstić information content (AvgIpc) is 2.99. The second kappa shape index (κ2) is 6.00. The second-order valence-corrected chi connectivity index (χ2v) is 4.92. The molecule has 2 aromatic rings. The third-order valence-corrected chi connectivity index (χ3v) is 3.62.